The van der Waals surface area contributed by atoms with Gasteiger partial charge in [-0.1, -0.05) is 12.1 Å². The highest BCUT2D eigenvalue weighted by Crippen LogP contribution is 2.35. The standard InChI is InChI=1S/C31H31F6N5O/c32-30(33,34)23-4-1-21(2-5-23)20-41-13-15-42(16-14-41)29-18-27(11-12-39-29)43-26-9-7-24(8-10-26)40-25-6-3-22(19-38)28(17-25)31(35,36)37/h1-6,11-12,17-18,24,26,40H,7-10,13-16,20H2. The second kappa shape index (κ2) is 12.7. The van der Waals surface area contributed by atoms with Crippen molar-refractivity contribution in [3.05, 3.63) is 83.0 Å². The fraction of sp³-hybridized carbons (Fsp3) is 0.419. The lowest BCUT2D eigenvalue weighted by atomic mass is 9.92. The van der Waals surface area contributed by atoms with Crippen molar-refractivity contribution < 1.29 is 31.1 Å². The third-order valence-electron chi connectivity index (χ3n) is 7.89. The maximum absolute atomic E-state index is 13.3. The first-order valence-corrected chi connectivity index (χ1v) is 14.1. The SMILES string of the molecule is N#Cc1ccc(NC2CCC(Oc3ccnc(N4CCN(Cc5ccc(C(F)(F)F)cc5)CC4)c3)CC2)cc1C(F)(F)F. The number of aromatic nitrogens is 1. The van der Waals surface area contributed by atoms with E-state index in [1.165, 1.54) is 24.3 Å². The molecule has 3 aromatic rings. The van der Waals surface area contributed by atoms with Gasteiger partial charge in [0.05, 0.1) is 28.9 Å². The molecule has 6 nitrogen and oxygen atoms in total. The zero-order chi connectivity index (χ0) is 30.6. The quantitative estimate of drug-likeness (QED) is 0.291. The van der Waals surface area contributed by atoms with Gasteiger partial charge in [-0.2, -0.15) is 31.6 Å². The van der Waals surface area contributed by atoms with Gasteiger partial charge in [0.25, 0.3) is 0 Å². The van der Waals surface area contributed by atoms with Gasteiger partial charge in [-0.3, -0.25) is 4.90 Å². The van der Waals surface area contributed by atoms with E-state index < -0.39 is 29.0 Å². The number of benzene rings is 2. The Morgan fingerprint density at radius 2 is 1.56 bits per heavy atom. The minimum atomic E-state index is -4.60. The van der Waals surface area contributed by atoms with E-state index in [9.17, 15) is 26.3 Å². The van der Waals surface area contributed by atoms with Crippen LogP contribution in [0.2, 0.25) is 0 Å². The van der Waals surface area contributed by atoms with Gasteiger partial charge in [-0.15, -0.1) is 0 Å². The predicted octanol–water partition coefficient (Wildman–Crippen LogP) is 7.12. The van der Waals surface area contributed by atoms with Crippen LogP contribution in [0.25, 0.3) is 0 Å². The molecule has 1 aliphatic carbocycles. The third-order valence-corrected chi connectivity index (χ3v) is 7.89. The van der Waals surface area contributed by atoms with Crippen LogP contribution >= 0.6 is 0 Å². The summed E-state index contributed by atoms with van der Waals surface area (Å²) < 4.78 is 84.6. The summed E-state index contributed by atoms with van der Waals surface area (Å²) in [5.74, 6) is 1.50. The first-order valence-electron chi connectivity index (χ1n) is 14.1. The molecule has 43 heavy (non-hydrogen) atoms. The molecule has 0 bridgehead atoms. The van der Waals surface area contributed by atoms with Crippen molar-refractivity contribution in [2.45, 2.75) is 56.7 Å². The van der Waals surface area contributed by atoms with Crippen molar-refractivity contribution in [3.63, 3.8) is 0 Å². The number of anilines is 2. The molecule has 2 aromatic carbocycles. The maximum Gasteiger partial charge on any atom is 0.417 e. The number of nitriles is 1. The van der Waals surface area contributed by atoms with Gasteiger partial charge in [-0.25, -0.2) is 4.98 Å². The third kappa shape index (κ3) is 7.90. The summed E-state index contributed by atoms with van der Waals surface area (Å²) in [6, 6.07) is 14.3. The molecule has 2 aliphatic rings. The van der Waals surface area contributed by atoms with E-state index in [1.807, 2.05) is 12.1 Å². The molecule has 228 valence electrons. The second-order valence-corrected chi connectivity index (χ2v) is 10.9. The molecule has 12 heteroatoms. The molecule has 1 aliphatic heterocycles. The summed E-state index contributed by atoms with van der Waals surface area (Å²) in [6.07, 6.45) is -4.33. The normalized spacial score (nSPS) is 20.0. The molecule has 2 fully saturated rings. The number of hydrogen-bond donors (Lipinski definition) is 1. The summed E-state index contributed by atoms with van der Waals surface area (Å²) in [7, 11) is 0. The Balaban J connectivity index is 1.09. The number of alkyl halides is 6. The van der Waals surface area contributed by atoms with Crippen LogP contribution in [0.1, 0.15) is 47.9 Å². The lowest BCUT2D eigenvalue weighted by Crippen LogP contribution is -2.46. The monoisotopic (exact) mass is 603 g/mol. The second-order valence-electron chi connectivity index (χ2n) is 10.9. The van der Waals surface area contributed by atoms with E-state index in [1.54, 1.807) is 12.3 Å². The molecule has 0 spiro atoms. The fourth-order valence-corrected chi connectivity index (χ4v) is 5.56. The van der Waals surface area contributed by atoms with Crippen LogP contribution in [0.4, 0.5) is 37.8 Å². The van der Waals surface area contributed by atoms with Crippen LogP contribution in [-0.2, 0) is 18.9 Å². The molecule has 0 amide bonds. The number of piperazine rings is 1. The number of hydrogen-bond acceptors (Lipinski definition) is 6. The Kier molecular flexibility index (Phi) is 9.01. The summed E-state index contributed by atoms with van der Waals surface area (Å²) in [5.41, 5.74) is -0.806. The molecule has 1 aromatic heterocycles. The Bertz CT molecular complexity index is 1420. The fourth-order valence-electron chi connectivity index (χ4n) is 5.56. The van der Waals surface area contributed by atoms with Crippen molar-refractivity contribution in [3.8, 4) is 11.8 Å². The van der Waals surface area contributed by atoms with Gasteiger partial charge < -0.3 is 15.0 Å². The Morgan fingerprint density at radius 1 is 0.860 bits per heavy atom. The lowest BCUT2D eigenvalue weighted by Gasteiger charge is -2.35. The van der Waals surface area contributed by atoms with E-state index in [0.29, 0.717) is 18.0 Å². The number of nitrogens with one attached hydrogen (secondary N) is 1. The summed E-state index contributed by atoms with van der Waals surface area (Å²) in [5, 5.41) is 12.2. The minimum absolute atomic E-state index is 0.000687. The molecule has 0 atom stereocenters. The maximum atomic E-state index is 13.3. The van der Waals surface area contributed by atoms with Gasteiger partial charge in [-0.05, 0) is 67.6 Å². The molecular formula is C31H31F6N5O. The van der Waals surface area contributed by atoms with Crippen LogP contribution in [0.5, 0.6) is 5.75 Å². The molecule has 1 N–H and O–H groups in total. The first kappa shape index (κ1) is 30.5. The number of ether oxygens (including phenoxy) is 1. The summed E-state index contributed by atoms with van der Waals surface area (Å²) in [6.45, 7) is 3.51. The Morgan fingerprint density at radius 3 is 2.19 bits per heavy atom. The Labute approximate surface area is 245 Å². The van der Waals surface area contributed by atoms with E-state index in [-0.39, 0.29) is 12.1 Å². The zero-order valence-corrected chi connectivity index (χ0v) is 23.3. The average Bonchev–Trinajstić information content (AvgIpc) is 2.98. The molecule has 1 saturated heterocycles. The van der Waals surface area contributed by atoms with Crippen LogP contribution in [-0.4, -0.2) is 48.2 Å². The van der Waals surface area contributed by atoms with Crippen LogP contribution in [0, 0.1) is 11.3 Å². The predicted molar refractivity (Wildman–Crippen MR) is 150 cm³/mol. The zero-order valence-electron chi connectivity index (χ0n) is 23.3. The van der Waals surface area contributed by atoms with Gasteiger partial charge in [0.2, 0.25) is 0 Å². The molecule has 5 rings (SSSR count). The van der Waals surface area contributed by atoms with Crippen molar-refractivity contribution in [1.82, 2.24) is 9.88 Å². The highest BCUT2D eigenvalue weighted by atomic mass is 19.4. The van der Waals surface area contributed by atoms with Crippen LogP contribution in [0.15, 0.2) is 60.8 Å². The van der Waals surface area contributed by atoms with Gasteiger partial charge in [0.15, 0.2) is 0 Å². The van der Waals surface area contributed by atoms with Crippen molar-refractivity contribution in [2.24, 2.45) is 0 Å². The molecule has 2 heterocycles. The smallest absolute Gasteiger partial charge is 0.417 e. The number of rotatable bonds is 7. The molecule has 0 unspecified atom stereocenters. The molecule has 0 radical (unpaired) electrons. The molecule has 1 saturated carbocycles. The highest BCUT2D eigenvalue weighted by Gasteiger charge is 2.34. The minimum Gasteiger partial charge on any atom is -0.490 e. The average molecular weight is 604 g/mol. The number of nitrogens with zero attached hydrogens (tertiary/aromatic N) is 4. The van der Waals surface area contributed by atoms with Crippen molar-refractivity contribution >= 4 is 11.5 Å². The Hall–Kier alpha value is -3.98. The van der Waals surface area contributed by atoms with Gasteiger partial charge >= 0.3 is 12.4 Å². The molecular weight excluding hydrogens is 572 g/mol. The summed E-state index contributed by atoms with van der Waals surface area (Å²) >= 11 is 0. The van der Waals surface area contributed by atoms with Crippen molar-refractivity contribution in [2.75, 3.05) is 36.4 Å². The van der Waals surface area contributed by atoms with Gasteiger partial charge in [0.1, 0.15) is 11.6 Å². The summed E-state index contributed by atoms with van der Waals surface area (Å²) in [4.78, 5) is 8.86. The van der Waals surface area contributed by atoms with Crippen LogP contribution in [0.3, 0.4) is 0 Å². The van der Waals surface area contributed by atoms with E-state index in [2.05, 4.69) is 20.1 Å². The van der Waals surface area contributed by atoms with Crippen LogP contribution < -0.4 is 15.0 Å². The van der Waals surface area contributed by atoms with E-state index >= 15 is 0 Å². The van der Waals surface area contributed by atoms with Gasteiger partial charge in [0, 0.05) is 56.7 Å². The highest BCUT2D eigenvalue weighted by molar-refractivity contribution is 5.53. The van der Waals surface area contributed by atoms with E-state index in [4.69, 9.17) is 10.00 Å². The topological polar surface area (TPSA) is 64.4 Å². The van der Waals surface area contributed by atoms with E-state index in [0.717, 1.165) is 81.4 Å². The first-order chi connectivity index (χ1) is 20.5. The number of pyridine rings is 1. The number of halogens is 6. The lowest BCUT2D eigenvalue weighted by molar-refractivity contribution is -0.138. The van der Waals surface area contributed by atoms with Crippen molar-refractivity contribution in [1.29, 1.82) is 5.26 Å². The largest absolute Gasteiger partial charge is 0.490 e.